The number of aromatic nitrogens is 3. The Morgan fingerprint density at radius 1 is 1.00 bits per heavy atom. The fourth-order valence-electron chi connectivity index (χ4n) is 3.68. The van der Waals surface area contributed by atoms with Crippen molar-refractivity contribution < 1.29 is 20.7 Å². The average molecular weight is 451 g/mol. The number of urea groups is 1. The van der Waals surface area contributed by atoms with Crippen LogP contribution < -0.4 is 10.6 Å². The standard InChI is InChI=1S/C24H18F3N5O/c25-24(26,27)18-4-1-2-5-20(18)31-23(33)30-19-6-3-7-21-17(19)10-13-32(21)14-15-8-11-28-22-16(15)9-12-29-22/h1-13H,14H2,(H,28,29)(H2,30,31,33)/i14D2. The fraction of sp³-hybridized carbons (Fsp3) is 0.0833. The Bertz CT molecular complexity index is 1560. The van der Waals surface area contributed by atoms with Crippen LogP contribution in [-0.2, 0) is 12.7 Å². The van der Waals surface area contributed by atoms with Crippen molar-refractivity contribution in [1.29, 1.82) is 0 Å². The molecule has 3 aromatic heterocycles. The second-order valence-electron chi connectivity index (χ2n) is 7.26. The first-order valence-electron chi connectivity index (χ1n) is 10.9. The summed E-state index contributed by atoms with van der Waals surface area (Å²) in [6.45, 7) is -1.96. The van der Waals surface area contributed by atoms with Gasteiger partial charge in [-0.15, -0.1) is 0 Å². The number of carbonyl (C=O) groups excluding carboxylic acids is 1. The normalized spacial score (nSPS) is 13.1. The SMILES string of the molecule is [2H]C([2H])(c1ccnc2[nH]ccc12)n1ccc2c(NC(=O)Nc3ccccc3C(F)(F)F)cccc21. The van der Waals surface area contributed by atoms with Crippen molar-refractivity contribution in [3.63, 3.8) is 0 Å². The Balaban J connectivity index is 1.47. The summed E-state index contributed by atoms with van der Waals surface area (Å²) in [7, 11) is 0. The maximum absolute atomic E-state index is 13.2. The fourth-order valence-corrected chi connectivity index (χ4v) is 3.68. The Labute approximate surface area is 188 Å². The topological polar surface area (TPSA) is 74.7 Å². The van der Waals surface area contributed by atoms with Gasteiger partial charge in [-0.2, -0.15) is 13.2 Å². The number of hydrogen-bond acceptors (Lipinski definition) is 2. The van der Waals surface area contributed by atoms with Crippen LogP contribution in [0, 0.1) is 0 Å². The molecule has 3 heterocycles. The number of benzene rings is 2. The van der Waals surface area contributed by atoms with Gasteiger partial charge in [0.25, 0.3) is 0 Å². The van der Waals surface area contributed by atoms with Crippen molar-refractivity contribution in [2.75, 3.05) is 10.6 Å². The van der Waals surface area contributed by atoms with E-state index in [1.165, 1.54) is 29.0 Å². The number of nitrogens with one attached hydrogen (secondary N) is 3. The van der Waals surface area contributed by atoms with Gasteiger partial charge in [0.15, 0.2) is 0 Å². The first-order valence-corrected chi connectivity index (χ1v) is 9.93. The smallest absolute Gasteiger partial charge is 0.346 e. The van der Waals surface area contributed by atoms with E-state index in [1.807, 2.05) is 0 Å². The van der Waals surface area contributed by atoms with Gasteiger partial charge >= 0.3 is 12.2 Å². The van der Waals surface area contributed by atoms with E-state index < -0.39 is 24.3 Å². The third-order valence-electron chi connectivity index (χ3n) is 5.16. The van der Waals surface area contributed by atoms with Crippen molar-refractivity contribution >= 4 is 39.3 Å². The molecule has 9 heteroatoms. The van der Waals surface area contributed by atoms with Crippen LogP contribution >= 0.6 is 0 Å². The highest BCUT2D eigenvalue weighted by molar-refractivity contribution is 6.06. The molecule has 0 fully saturated rings. The molecule has 166 valence electrons. The number of pyridine rings is 1. The minimum absolute atomic E-state index is 0.320. The highest BCUT2D eigenvalue weighted by Crippen LogP contribution is 2.34. The van der Waals surface area contributed by atoms with Gasteiger partial charge in [0.05, 0.1) is 25.2 Å². The summed E-state index contributed by atoms with van der Waals surface area (Å²) in [6.07, 6.45) is 0.145. The molecule has 0 saturated heterocycles. The molecule has 3 N–H and O–H groups in total. The van der Waals surface area contributed by atoms with Crippen molar-refractivity contribution in [1.82, 2.24) is 14.5 Å². The molecule has 0 aliphatic rings. The summed E-state index contributed by atoms with van der Waals surface area (Å²) in [5.74, 6) is 0. The average Bonchev–Trinajstić information content (AvgIpc) is 3.46. The van der Waals surface area contributed by atoms with Gasteiger partial charge < -0.3 is 20.2 Å². The molecule has 0 atom stereocenters. The number of fused-ring (bicyclic) bond motifs is 2. The molecule has 2 amide bonds. The third-order valence-corrected chi connectivity index (χ3v) is 5.16. The van der Waals surface area contributed by atoms with Crippen LogP contribution in [0.3, 0.4) is 0 Å². The van der Waals surface area contributed by atoms with Crippen LogP contribution in [0.1, 0.15) is 13.9 Å². The predicted molar refractivity (Wildman–Crippen MR) is 121 cm³/mol. The summed E-state index contributed by atoms with van der Waals surface area (Å²) < 4.78 is 58.9. The Morgan fingerprint density at radius 2 is 1.79 bits per heavy atom. The number of amides is 2. The van der Waals surface area contributed by atoms with Crippen LogP contribution in [0.25, 0.3) is 21.9 Å². The van der Waals surface area contributed by atoms with Crippen molar-refractivity contribution in [2.24, 2.45) is 0 Å². The minimum atomic E-state index is -4.62. The van der Waals surface area contributed by atoms with E-state index in [9.17, 15) is 18.0 Å². The second kappa shape index (κ2) is 8.01. The largest absolute Gasteiger partial charge is 0.418 e. The number of H-pyrrole nitrogens is 1. The molecule has 6 nitrogen and oxygen atoms in total. The van der Waals surface area contributed by atoms with Gasteiger partial charge in [-0.3, -0.25) is 0 Å². The molecule has 33 heavy (non-hydrogen) atoms. The summed E-state index contributed by atoms with van der Waals surface area (Å²) in [5, 5.41) is 5.98. The lowest BCUT2D eigenvalue weighted by Crippen LogP contribution is -2.21. The number of aromatic amines is 1. The zero-order valence-corrected chi connectivity index (χ0v) is 16.9. The Kier molecular flexibility index (Phi) is 4.45. The number of rotatable bonds is 4. The van der Waals surface area contributed by atoms with Crippen LogP contribution in [0.5, 0.6) is 0 Å². The van der Waals surface area contributed by atoms with Crippen molar-refractivity contribution in [2.45, 2.75) is 12.7 Å². The second-order valence-corrected chi connectivity index (χ2v) is 7.26. The molecule has 0 aliphatic carbocycles. The van der Waals surface area contributed by atoms with Crippen LogP contribution in [-0.4, -0.2) is 20.6 Å². The molecule has 0 bridgehead atoms. The number of halogens is 3. The number of para-hydroxylation sites is 1. The van der Waals surface area contributed by atoms with Crippen molar-refractivity contribution in [3.05, 3.63) is 90.4 Å². The highest BCUT2D eigenvalue weighted by atomic mass is 19.4. The van der Waals surface area contributed by atoms with E-state index in [0.29, 0.717) is 33.2 Å². The first kappa shape index (κ1) is 18.3. The maximum Gasteiger partial charge on any atom is 0.418 e. The minimum Gasteiger partial charge on any atom is -0.346 e. The van der Waals surface area contributed by atoms with Crippen molar-refractivity contribution in [3.8, 4) is 0 Å². The first-order chi connectivity index (χ1) is 16.7. The number of anilines is 2. The lowest BCUT2D eigenvalue weighted by atomic mass is 10.1. The van der Waals surface area contributed by atoms with Crippen LogP contribution in [0.15, 0.2) is 79.3 Å². The number of hydrogen-bond donors (Lipinski definition) is 3. The lowest BCUT2D eigenvalue weighted by Gasteiger charge is -2.14. The van der Waals surface area contributed by atoms with Crippen LogP contribution in [0.2, 0.25) is 0 Å². The highest BCUT2D eigenvalue weighted by Gasteiger charge is 2.33. The van der Waals surface area contributed by atoms with Gasteiger partial charge in [0, 0.05) is 35.9 Å². The molecule has 5 aromatic rings. The summed E-state index contributed by atoms with van der Waals surface area (Å²) >= 11 is 0. The van der Waals surface area contributed by atoms with Crippen LogP contribution in [0.4, 0.5) is 29.3 Å². The Morgan fingerprint density at radius 3 is 2.64 bits per heavy atom. The van der Waals surface area contributed by atoms with Gasteiger partial charge in [0.2, 0.25) is 0 Å². The number of carbonyl (C=O) groups is 1. The molecule has 0 aliphatic heterocycles. The quantitative estimate of drug-likeness (QED) is 0.303. The van der Waals surface area contributed by atoms with E-state index in [4.69, 9.17) is 2.74 Å². The molecular weight excluding hydrogens is 431 g/mol. The zero-order valence-electron chi connectivity index (χ0n) is 18.9. The molecule has 0 spiro atoms. The van der Waals surface area contributed by atoms with E-state index in [0.717, 1.165) is 6.07 Å². The lowest BCUT2D eigenvalue weighted by molar-refractivity contribution is -0.136. The molecule has 5 rings (SSSR count). The van der Waals surface area contributed by atoms with E-state index in [1.54, 1.807) is 48.8 Å². The van der Waals surface area contributed by atoms with Gasteiger partial charge in [-0.1, -0.05) is 18.2 Å². The van der Waals surface area contributed by atoms with E-state index in [-0.39, 0.29) is 5.69 Å². The number of nitrogens with zero attached hydrogens (tertiary/aromatic N) is 2. The monoisotopic (exact) mass is 451 g/mol. The third kappa shape index (κ3) is 4.00. The summed E-state index contributed by atoms with van der Waals surface area (Å²) in [4.78, 5) is 19.7. The summed E-state index contributed by atoms with van der Waals surface area (Å²) in [6, 6.07) is 13.8. The molecule has 2 aromatic carbocycles. The summed E-state index contributed by atoms with van der Waals surface area (Å²) in [5.41, 5.74) is 0.444. The maximum atomic E-state index is 13.2. The van der Waals surface area contributed by atoms with Gasteiger partial charge in [-0.05, 0) is 48.0 Å². The van der Waals surface area contributed by atoms with Gasteiger partial charge in [-0.25, -0.2) is 9.78 Å². The van der Waals surface area contributed by atoms with Gasteiger partial charge in [0.1, 0.15) is 5.65 Å². The number of alkyl halides is 3. The molecular formula is C24H18F3N5O. The molecule has 0 saturated carbocycles. The van der Waals surface area contributed by atoms with E-state index >= 15 is 0 Å². The molecule has 0 unspecified atom stereocenters. The predicted octanol–water partition coefficient (Wildman–Crippen LogP) is 6.23. The van der Waals surface area contributed by atoms with E-state index in [2.05, 4.69) is 20.6 Å². The zero-order chi connectivity index (χ0) is 24.8. The Hall–Kier alpha value is -4.27. The molecule has 0 radical (unpaired) electrons.